The Morgan fingerprint density at radius 3 is 2.59 bits per heavy atom. The van der Waals surface area contributed by atoms with Crippen LogP contribution < -0.4 is 10.0 Å². The Balaban J connectivity index is 1.86. The summed E-state index contributed by atoms with van der Waals surface area (Å²) in [5, 5.41) is 2.97. The molecule has 0 aliphatic carbocycles. The maximum absolute atomic E-state index is 12.0. The maximum atomic E-state index is 12.0. The molecule has 1 amide bonds. The van der Waals surface area contributed by atoms with Crippen LogP contribution in [-0.2, 0) is 14.8 Å². The number of sulfonamides is 1. The fourth-order valence-electron chi connectivity index (χ4n) is 1.68. The number of halogens is 1. The van der Waals surface area contributed by atoms with Gasteiger partial charge in [-0.2, -0.15) is 0 Å². The van der Waals surface area contributed by atoms with Gasteiger partial charge in [0.25, 0.3) is 0 Å². The Labute approximate surface area is 133 Å². The SMILES string of the molecule is O=C(CCNS(=O)(=O)c1cccc(Cl)c1)Nc1ccncc1. The first-order valence-electron chi connectivity index (χ1n) is 6.42. The zero-order chi connectivity index (χ0) is 16.0. The number of carbonyl (C=O) groups excluding carboxylic acids is 1. The molecule has 6 nitrogen and oxygen atoms in total. The zero-order valence-electron chi connectivity index (χ0n) is 11.5. The van der Waals surface area contributed by atoms with Gasteiger partial charge in [-0.3, -0.25) is 9.78 Å². The molecule has 0 aliphatic rings. The van der Waals surface area contributed by atoms with Crippen molar-refractivity contribution in [2.24, 2.45) is 0 Å². The maximum Gasteiger partial charge on any atom is 0.240 e. The lowest BCUT2D eigenvalue weighted by Crippen LogP contribution is -2.27. The van der Waals surface area contributed by atoms with Gasteiger partial charge in [0.05, 0.1) is 4.90 Å². The average molecular weight is 340 g/mol. The van der Waals surface area contributed by atoms with Crippen LogP contribution in [0.2, 0.25) is 5.02 Å². The van der Waals surface area contributed by atoms with Gasteiger partial charge in [-0.05, 0) is 30.3 Å². The van der Waals surface area contributed by atoms with E-state index in [1.165, 1.54) is 12.1 Å². The van der Waals surface area contributed by atoms with Crippen LogP contribution in [0.25, 0.3) is 0 Å². The van der Waals surface area contributed by atoms with Gasteiger partial charge in [0.15, 0.2) is 0 Å². The lowest BCUT2D eigenvalue weighted by Gasteiger charge is -2.07. The van der Waals surface area contributed by atoms with Crippen molar-refractivity contribution >= 4 is 33.2 Å². The second kappa shape index (κ2) is 7.35. The lowest BCUT2D eigenvalue weighted by atomic mass is 10.3. The van der Waals surface area contributed by atoms with Crippen LogP contribution in [-0.4, -0.2) is 25.9 Å². The smallest absolute Gasteiger partial charge is 0.240 e. The van der Waals surface area contributed by atoms with Crippen molar-refractivity contribution in [3.63, 3.8) is 0 Å². The van der Waals surface area contributed by atoms with Gasteiger partial charge in [0.1, 0.15) is 0 Å². The minimum absolute atomic E-state index is 0.00817. The van der Waals surface area contributed by atoms with E-state index in [0.717, 1.165) is 0 Å². The van der Waals surface area contributed by atoms with Gasteiger partial charge in [0, 0.05) is 36.1 Å². The Morgan fingerprint density at radius 1 is 1.18 bits per heavy atom. The summed E-state index contributed by atoms with van der Waals surface area (Å²) in [6.07, 6.45) is 3.12. The second-order valence-corrected chi connectivity index (χ2v) is 6.59. The minimum atomic E-state index is -3.68. The van der Waals surface area contributed by atoms with Crippen LogP contribution >= 0.6 is 11.6 Å². The van der Waals surface area contributed by atoms with Crippen LogP contribution in [0.3, 0.4) is 0 Å². The van der Waals surface area contributed by atoms with Crippen LogP contribution in [0.1, 0.15) is 6.42 Å². The number of nitrogens with zero attached hydrogens (tertiary/aromatic N) is 1. The summed E-state index contributed by atoms with van der Waals surface area (Å²) in [6.45, 7) is -0.00817. The number of benzene rings is 1. The Hall–Kier alpha value is -1.96. The van der Waals surface area contributed by atoms with E-state index >= 15 is 0 Å². The van der Waals surface area contributed by atoms with Crippen molar-refractivity contribution < 1.29 is 13.2 Å². The molecule has 1 heterocycles. The first-order valence-corrected chi connectivity index (χ1v) is 8.28. The highest BCUT2D eigenvalue weighted by Gasteiger charge is 2.14. The molecule has 0 aliphatic heterocycles. The summed E-state index contributed by atoms with van der Waals surface area (Å²) < 4.78 is 26.4. The molecule has 1 aromatic heterocycles. The molecule has 0 radical (unpaired) electrons. The largest absolute Gasteiger partial charge is 0.326 e. The van der Waals surface area contributed by atoms with Crippen molar-refractivity contribution in [2.75, 3.05) is 11.9 Å². The van der Waals surface area contributed by atoms with Crippen molar-refractivity contribution in [3.05, 3.63) is 53.8 Å². The van der Waals surface area contributed by atoms with Crippen LogP contribution in [0.15, 0.2) is 53.7 Å². The Morgan fingerprint density at radius 2 is 1.91 bits per heavy atom. The van der Waals surface area contributed by atoms with Gasteiger partial charge in [0.2, 0.25) is 15.9 Å². The van der Waals surface area contributed by atoms with Crippen molar-refractivity contribution in [1.82, 2.24) is 9.71 Å². The zero-order valence-corrected chi connectivity index (χ0v) is 13.1. The van der Waals surface area contributed by atoms with E-state index in [9.17, 15) is 13.2 Å². The van der Waals surface area contributed by atoms with Crippen molar-refractivity contribution in [3.8, 4) is 0 Å². The third-order valence-electron chi connectivity index (χ3n) is 2.71. The second-order valence-electron chi connectivity index (χ2n) is 4.39. The lowest BCUT2D eigenvalue weighted by molar-refractivity contribution is -0.116. The Bertz CT molecular complexity index is 751. The van der Waals surface area contributed by atoms with Crippen molar-refractivity contribution in [2.45, 2.75) is 11.3 Å². The minimum Gasteiger partial charge on any atom is -0.326 e. The summed E-state index contributed by atoms with van der Waals surface area (Å²) in [5.41, 5.74) is 0.609. The number of rotatable bonds is 6. The number of carbonyl (C=O) groups is 1. The number of hydrogen-bond acceptors (Lipinski definition) is 4. The number of pyridine rings is 1. The Kier molecular flexibility index (Phi) is 5.48. The van der Waals surface area contributed by atoms with E-state index in [-0.39, 0.29) is 23.8 Å². The third-order valence-corrected chi connectivity index (χ3v) is 4.41. The molecular weight excluding hydrogens is 326 g/mol. The topological polar surface area (TPSA) is 88.2 Å². The van der Waals surface area contributed by atoms with Gasteiger partial charge in [-0.25, -0.2) is 13.1 Å². The molecule has 0 bridgehead atoms. The molecule has 22 heavy (non-hydrogen) atoms. The van der Waals surface area contributed by atoms with Crippen LogP contribution in [0.5, 0.6) is 0 Å². The number of anilines is 1. The van der Waals surface area contributed by atoms with E-state index in [1.54, 1.807) is 36.7 Å². The summed E-state index contributed by atoms with van der Waals surface area (Å²) in [6, 6.07) is 9.21. The number of hydrogen-bond donors (Lipinski definition) is 2. The summed E-state index contributed by atoms with van der Waals surface area (Å²) in [7, 11) is -3.68. The standard InChI is InChI=1S/C14H14ClN3O3S/c15-11-2-1-3-13(10-11)22(20,21)17-9-6-14(19)18-12-4-7-16-8-5-12/h1-5,7-8,10,17H,6,9H2,(H,16,18,19). The van der Waals surface area contributed by atoms with Gasteiger partial charge < -0.3 is 5.32 Å². The fraction of sp³-hybridized carbons (Fsp3) is 0.143. The predicted octanol–water partition coefficient (Wildman–Crippen LogP) is 2.04. The molecule has 0 spiro atoms. The summed E-state index contributed by atoms with van der Waals surface area (Å²) in [4.78, 5) is 15.6. The average Bonchev–Trinajstić information content (AvgIpc) is 2.48. The molecule has 0 fully saturated rings. The van der Waals surface area contributed by atoms with Crippen molar-refractivity contribution in [1.29, 1.82) is 0 Å². The van der Waals surface area contributed by atoms with Gasteiger partial charge >= 0.3 is 0 Å². The van der Waals surface area contributed by atoms with Gasteiger partial charge in [-0.1, -0.05) is 17.7 Å². The number of nitrogens with one attached hydrogen (secondary N) is 2. The molecule has 2 aromatic rings. The molecule has 0 saturated carbocycles. The normalized spacial score (nSPS) is 11.1. The van der Waals surface area contributed by atoms with Crippen LogP contribution in [0, 0.1) is 0 Å². The first-order chi connectivity index (χ1) is 10.5. The predicted molar refractivity (Wildman–Crippen MR) is 84.1 cm³/mol. The molecule has 116 valence electrons. The molecule has 0 saturated heterocycles. The third kappa shape index (κ3) is 4.80. The highest BCUT2D eigenvalue weighted by Crippen LogP contribution is 2.15. The molecule has 0 unspecified atom stereocenters. The molecule has 8 heteroatoms. The monoisotopic (exact) mass is 339 g/mol. The highest BCUT2D eigenvalue weighted by atomic mass is 35.5. The van der Waals surface area contributed by atoms with E-state index in [1.807, 2.05) is 0 Å². The summed E-state index contributed by atoms with van der Waals surface area (Å²) >= 11 is 5.76. The first kappa shape index (κ1) is 16.4. The molecule has 0 atom stereocenters. The molecule has 2 N–H and O–H groups in total. The number of amides is 1. The van der Waals surface area contributed by atoms with Crippen LogP contribution in [0.4, 0.5) is 5.69 Å². The quantitative estimate of drug-likeness (QED) is 0.843. The molecule has 2 rings (SSSR count). The summed E-state index contributed by atoms with van der Waals surface area (Å²) in [5.74, 6) is -0.292. The van der Waals surface area contributed by atoms with Gasteiger partial charge in [-0.15, -0.1) is 0 Å². The number of aromatic nitrogens is 1. The van der Waals surface area contributed by atoms with E-state index < -0.39 is 10.0 Å². The molecular formula is C14H14ClN3O3S. The van der Waals surface area contributed by atoms with E-state index in [4.69, 9.17) is 11.6 Å². The van der Waals surface area contributed by atoms with E-state index in [0.29, 0.717) is 10.7 Å². The van der Waals surface area contributed by atoms with E-state index in [2.05, 4.69) is 15.0 Å². The highest BCUT2D eigenvalue weighted by molar-refractivity contribution is 7.89. The fourth-order valence-corrected chi connectivity index (χ4v) is 3.01. The molecule has 1 aromatic carbocycles.